The van der Waals surface area contributed by atoms with E-state index in [-0.39, 0.29) is 12.5 Å². The lowest BCUT2D eigenvalue weighted by Gasteiger charge is -2.36. The topological polar surface area (TPSA) is 66.6 Å². The SMILES string of the molecule is NC1CC(Cc2csc(Cl)c2)CN(CCC(=O)O)C1. The lowest BCUT2D eigenvalue weighted by Crippen LogP contribution is -2.48. The first-order valence-corrected chi connectivity index (χ1v) is 7.71. The fourth-order valence-electron chi connectivity index (χ4n) is 2.72. The van der Waals surface area contributed by atoms with Gasteiger partial charge in [-0.3, -0.25) is 4.79 Å². The van der Waals surface area contributed by atoms with Crippen LogP contribution in [-0.4, -0.2) is 41.7 Å². The zero-order chi connectivity index (χ0) is 13.8. The Balaban J connectivity index is 1.88. The van der Waals surface area contributed by atoms with Crippen LogP contribution in [0.25, 0.3) is 0 Å². The average molecular weight is 303 g/mol. The van der Waals surface area contributed by atoms with Crippen molar-refractivity contribution in [1.29, 1.82) is 0 Å². The Kier molecular flexibility index (Phi) is 5.21. The van der Waals surface area contributed by atoms with Gasteiger partial charge in [-0.25, -0.2) is 0 Å². The van der Waals surface area contributed by atoms with Crippen LogP contribution >= 0.6 is 22.9 Å². The number of carboxylic acids is 1. The third kappa shape index (κ3) is 4.76. The highest BCUT2D eigenvalue weighted by Crippen LogP contribution is 2.25. The van der Waals surface area contributed by atoms with Crippen LogP contribution < -0.4 is 5.73 Å². The largest absolute Gasteiger partial charge is 0.481 e. The van der Waals surface area contributed by atoms with Gasteiger partial charge in [-0.1, -0.05) is 11.6 Å². The molecule has 1 aromatic heterocycles. The number of carboxylic acid groups (broad SMARTS) is 1. The average Bonchev–Trinajstić information content (AvgIpc) is 2.71. The molecule has 2 unspecified atom stereocenters. The molecule has 106 valence electrons. The van der Waals surface area contributed by atoms with Crippen LogP contribution in [-0.2, 0) is 11.2 Å². The Morgan fingerprint density at radius 1 is 1.58 bits per heavy atom. The van der Waals surface area contributed by atoms with Crippen molar-refractivity contribution in [2.45, 2.75) is 25.3 Å². The van der Waals surface area contributed by atoms with E-state index in [1.807, 2.05) is 6.07 Å². The van der Waals surface area contributed by atoms with Crippen LogP contribution in [0.15, 0.2) is 11.4 Å². The standard InChI is InChI=1S/C13H19ClN2O2S/c14-12-5-10(8-19-12)3-9-4-11(15)7-16(6-9)2-1-13(17)18/h5,8-9,11H,1-4,6-7,15H2,(H,17,18). The second-order valence-electron chi connectivity index (χ2n) is 5.23. The molecular formula is C13H19ClN2O2S. The number of hydrogen-bond donors (Lipinski definition) is 2. The maximum absolute atomic E-state index is 10.6. The molecule has 1 aliphatic rings. The van der Waals surface area contributed by atoms with Crippen LogP contribution in [0.3, 0.4) is 0 Å². The molecule has 0 saturated carbocycles. The monoisotopic (exact) mass is 302 g/mol. The lowest BCUT2D eigenvalue weighted by molar-refractivity contribution is -0.137. The number of aliphatic carboxylic acids is 1. The van der Waals surface area contributed by atoms with Gasteiger partial charge < -0.3 is 15.7 Å². The van der Waals surface area contributed by atoms with Crippen LogP contribution in [0.2, 0.25) is 4.34 Å². The molecule has 0 aromatic carbocycles. The van der Waals surface area contributed by atoms with Gasteiger partial charge in [0.05, 0.1) is 10.8 Å². The molecule has 1 saturated heterocycles. The summed E-state index contributed by atoms with van der Waals surface area (Å²) in [6, 6.07) is 2.15. The molecule has 1 aromatic rings. The van der Waals surface area contributed by atoms with Crippen LogP contribution in [0.5, 0.6) is 0 Å². The molecule has 0 bridgehead atoms. The van der Waals surface area contributed by atoms with E-state index in [1.165, 1.54) is 5.56 Å². The molecule has 1 aliphatic heterocycles. The molecule has 2 rings (SSSR count). The summed E-state index contributed by atoms with van der Waals surface area (Å²) in [5, 5.41) is 10.8. The molecule has 4 nitrogen and oxygen atoms in total. The number of piperidine rings is 1. The lowest BCUT2D eigenvalue weighted by atomic mass is 9.90. The van der Waals surface area contributed by atoms with E-state index in [4.69, 9.17) is 22.4 Å². The molecule has 6 heteroatoms. The summed E-state index contributed by atoms with van der Waals surface area (Å²) in [7, 11) is 0. The normalized spacial score (nSPS) is 24.5. The van der Waals surface area contributed by atoms with Gasteiger partial charge in [-0.15, -0.1) is 11.3 Å². The van der Waals surface area contributed by atoms with E-state index in [9.17, 15) is 4.79 Å². The maximum atomic E-state index is 10.6. The van der Waals surface area contributed by atoms with Crippen molar-refractivity contribution in [3.8, 4) is 0 Å². The van der Waals surface area contributed by atoms with Crippen LogP contribution in [0.1, 0.15) is 18.4 Å². The number of likely N-dealkylation sites (tertiary alicyclic amines) is 1. The quantitative estimate of drug-likeness (QED) is 0.874. The minimum atomic E-state index is -0.750. The molecule has 0 spiro atoms. The van der Waals surface area contributed by atoms with E-state index >= 15 is 0 Å². The molecule has 1 fully saturated rings. The summed E-state index contributed by atoms with van der Waals surface area (Å²) in [5.74, 6) is -0.261. The predicted octanol–water partition coefficient (Wildman–Crippen LogP) is 2.07. The third-order valence-corrected chi connectivity index (χ3v) is 4.57. The fourth-order valence-corrected chi connectivity index (χ4v) is 3.64. The molecule has 0 aliphatic carbocycles. The summed E-state index contributed by atoms with van der Waals surface area (Å²) >= 11 is 7.49. The van der Waals surface area contributed by atoms with Crippen molar-refractivity contribution < 1.29 is 9.90 Å². The molecule has 19 heavy (non-hydrogen) atoms. The van der Waals surface area contributed by atoms with Gasteiger partial charge in [0.25, 0.3) is 0 Å². The van der Waals surface area contributed by atoms with Gasteiger partial charge in [0.15, 0.2) is 0 Å². The molecule has 2 heterocycles. The van der Waals surface area contributed by atoms with Crippen LogP contribution in [0, 0.1) is 5.92 Å². The minimum absolute atomic E-state index is 0.140. The minimum Gasteiger partial charge on any atom is -0.481 e. The van der Waals surface area contributed by atoms with Crippen molar-refractivity contribution in [2.24, 2.45) is 11.7 Å². The third-order valence-electron chi connectivity index (χ3n) is 3.43. The van der Waals surface area contributed by atoms with E-state index in [1.54, 1.807) is 11.3 Å². The highest BCUT2D eigenvalue weighted by Gasteiger charge is 2.25. The number of nitrogens with two attached hydrogens (primary N) is 1. The Bertz CT molecular complexity index is 438. The fraction of sp³-hybridized carbons (Fsp3) is 0.615. The van der Waals surface area contributed by atoms with Gasteiger partial charge in [0.1, 0.15) is 0 Å². The number of nitrogens with zero attached hydrogens (tertiary/aromatic N) is 1. The molecule has 3 N–H and O–H groups in total. The number of thiophene rings is 1. The predicted molar refractivity (Wildman–Crippen MR) is 77.8 cm³/mol. The number of hydrogen-bond acceptors (Lipinski definition) is 4. The summed E-state index contributed by atoms with van der Waals surface area (Å²) in [4.78, 5) is 12.8. The van der Waals surface area contributed by atoms with Gasteiger partial charge in [0.2, 0.25) is 0 Å². The zero-order valence-electron chi connectivity index (χ0n) is 10.7. The second kappa shape index (κ2) is 6.70. The van der Waals surface area contributed by atoms with Crippen molar-refractivity contribution >= 4 is 28.9 Å². The maximum Gasteiger partial charge on any atom is 0.304 e. The molecule has 0 radical (unpaired) electrons. The van der Waals surface area contributed by atoms with Crippen molar-refractivity contribution in [3.63, 3.8) is 0 Å². The van der Waals surface area contributed by atoms with Gasteiger partial charge >= 0.3 is 5.97 Å². The smallest absolute Gasteiger partial charge is 0.304 e. The van der Waals surface area contributed by atoms with Crippen LogP contribution in [0.4, 0.5) is 0 Å². The summed E-state index contributed by atoms with van der Waals surface area (Å²) in [6.07, 6.45) is 2.15. The van der Waals surface area contributed by atoms with Crippen molar-refractivity contribution in [1.82, 2.24) is 4.90 Å². The highest BCUT2D eigenvalue weighted by atomic mass is 35.5. The van der Waals surface area contributed by atoms with Gasteiger partial charge in [-0.05, 0) is 35.8 Å². The summed E-state index contributed by atoms with van der Waals surface area (Å²) in [6.45, 7) is 2.31. The molecular weight excluding hydrogens is 284 g/mol. The highest BCUT2D eigenvalue weighted by molar-refractivity contribution is 7.14. The van der Waals surface area contributed by atoms with Crippen molar-refractivity contribution in [2.75, 3.05) is 19.6 Å². The first-order valence-electron chi connectivity index (χ1n) is 6.45. The van der Waals surface area contributed by atoms with E-state index in [0.29, 0.717) is 12.5 Å². The first kappa shape index (κ1) is 14.8. The zero-order valence-corrected chi connectivity index (χ0v) is 12.3. The van der Waals surface area contributed by atoms with E-state index in [2.05, 4.69) is 10.3 Å². The molecule has 2 atom stereocenters. The second-order valence-corrected chi connectivity index (χ2v) is 6.77. The molecule has 0 amide bonds. The number of carbonyl (C=O) groups is 1. The summed E-state index contributed by atoms with van der Waals surface area (Å²) in [5.41, 5.74) is 7.32. The van der Waals surface area contributed by atoms with E-state index in [0.717, 1.165) is 30.3 Å². The Morgan fingerprint density at radius 3 is 3.00 bits per heavy atom. The Morgan fingerprint density at radius 2 is 2.37 bits per heavy atom. The van der Waals surface area contributed by atoms with Crippen molar-refractivity contribution in [3.05, 3.63) is 21.3 Å². The number of rotatable bonds is 5. The first-order chi connectivity index (χ1) is 9.02. The Hall–Kier alpha value is -0.620. The summed E-state index contributed by atoms with van der Waals surface area (Å²) < 4.78 is 0.817. The number of halogens is 1. The Labute approximate surface area is 122 Å². The van der Waals surface area contributed by atoms with Gasteiger partial charge in [0, 0.05) is 25.7 Å². The van der Waals surface area contributed by atoms with Gasteiger partial charge in [-0.2, -0.15) is 0 Å². The van der Waals surface area contributed by atoms with E-state index < -0.39 is 5.97 Å².